The predicted octanol–water partition coefficient (Wildman–Crippen LogP) is 3.33. The molecule has 0 bridgehead atoms. The molecule has 1 atom stereocenters. The summed E-state index contributed by atoms with van der Waals surface area (Å²) in [6.45, 7) is 10.1. The minimum absolute atomic E-state index is 0.0725. The Morgan fingerprint density at radius 1 is 1.22 bits per heavy atom. The molecule has 0 aliphatic carbocycles. The number of nitrogens with one attached hydrogen (secondary N) is 1. The van der Waals surface area contributed by atoms with Crippen LogP contribution in [0.5, 0.6) is 0 Å². The molecule has 0 saturated carbocycles. The van der Waals surface area contributed by atoms with Gasteiger partial charge in [0.05, 0.1) is 16.3 Å². The van der Waals surface area contributed by atoms with E-state index in [9.17, 15) is 8.42 Å². The van der Waals surface area contributed by atoms with E-state index in [1.165, 1.54) is 0 Å². The fourth-order valence-electron chi connectivity index (χ4n) is 1.46. The highest BCUT2D eigenvalue weighted by Gasteiger charge is 2.22. The lowest BCUT2D eigenvalue weighted by atomic mass is 9.88. The molecule has 0 saturated heterocycles. The maximum absolute atomic E-state index is 12.0. The first-order valence-corrected chi connectivity index (χ1v) is 7.92. The second kappa shape index (κ2) is 5.31. The van der Waals surface area contributed by atoms with Crippen molar-refractivity contribution >= 4 is 15.5 Å². The number of hydrogen-bond acceptors (Lipinski definition) is 3. The highest BCUT2D eigenvalue weighted by atomic mass is 32.2. The van der Waals surface area contributed by atoms with Crippen LogP contribution >= 0.6 is 0 Å². The average molecular weight is 269 g/mol. The normalized spacial score (nSPS) is 14.3. The van der Waals surface area contributed by atoms with E-state index in [0.717, 1.165) is 0 Å². The second-order valence-corrected chi connectivity index (χ2v) is 7.88. The number of para-hydroxylation sites is 1. The smallest absolute Gasteiger partial charge is 0.180 e. The van der Waals surface area contributed by atoms with Gasteiger partial charge in [0.2, 0.25) is 0 Å². The minimum atomic E-state index is -3.18. The van der Waals surface area contributed by atoms with E-state index >= 15 is 0 Å². The van der Waals surface area contributed by atoms with E-state index in [1.807, 2.05) is 12.1 Å². The number of benzene rings is 1. The summed E-state index contributed by atoms with van der Waals surface area (Å²) in [5.74, 6) is 0.121. The van der Waals surface area contributed by atoms with Crippen molar-refractivity contribution in [2.45, 2.75) is 45.6 Å². The summed E-state index contributed by atoms with van der Waals surface area (Å²) in [6, 6.07) is 7.29. The van der Waals surface area contributed by atoms with Crippen molar-refractivity contribution in [3.8, 4) is 0 Å². The zero-order valence-electron chi connectivity index (χ0n) is 11.8. The third kappa shape index (κ3) is 3.48. The average Bonchev–Trinajstić information content (AvgIpc) is 2.28. The van der Waals surface area contributed by atoms with E-state index in [4.69, 9.17) is 0 Å². The molecule has 0 heterocycles. The lowest BCUT2D eigenvalue weighted by Gasteiger charge is -2.29. The SMILES string of the molecule is CCS(=O)(=O)c1ccccc1NC(C)C(C)(C)C. The van der Waals surface area contributed by atoms with Gasteiger partial charge in [0, 0.05) is 6.04 Å². The van der Waals surface area contributed by atoms with Crippen molar-refractivity contribution in [2.75, 3.05) is 11.1 Å². The quantitative estimate of drug-likeness (QED) is 0.912. The molecule has 0 spiro atoms. The summed E-state index contributed by atoms with van der Waals surface area (Å²) < 4.78 is 24.0. The molecule has 102 valence electrons. The molecule has 0 aliphatic rings. The van der Waals surface area contributed by atoms with E-state index in [1.54, 1.807) is 19.1 Å². The van der Waals surface area contributed by atoms with Gasteiger partial charge in [-0.25, -0.2) is 8.42 Å². The lowest BCUT2D eigenvalue weighted by molar-refractivity contribution is 0.359. The van der Waals surface area contributed by atoms with Gasteiger partial charge in [-0.3, -0.25) is 0 Å². The Balaban J connectivity index is 3.12. The first kappa shape index (κ1) is 15.0. The topological polar surface area (TPSA) is 46.2 Å². The van der Waals surface area contributed by atoms with Crippen LogP contribution in [0.2, 0.25) is 0 Å². The van der Waals surface area contributed by atoms with E-state index < -0.39 is 9.84 Å². The lowest BCUT2D eigenvalue weighted by Crippen LogP contribution is -2.31. The Labute approximate surface area is 111 Å². The van der Waals surface area contributed by atoms with Gasteiger partial charge in [0.15, 0.2) is 9.84 Å². The summed E-state index contributed by atoms with van der Waals surface area (Å²) in [5, 5.41) is 3.31. The first-order valence-electron chi connectivity index (χ1n) is 6.27. The van der Waals surface area contributed by atoms with Gasteiger partial charge in [-0.2, -0.15) is 0 Å². The van der Waals surface area contributed by atoms with Crippen molar-refractivity contribution in [3.63, 3.8) is 0 Å². The molecule has 0 aromatic heterocycles. The molecule has 0 aliphatic heterocycles. The van der Waals surface area contributed by atoms with Crippen LogP contribution in [-0.2, 0) is 9.84 Å². The van der Waals surface area contributed by atoms with Gasteiger partial charge in [0.25, 0.3) is 0 Å². The highest BCUT2D eigenvalue weighted by Crippen LogP contribution is 2.27. The summed E-state index contributed by atoms with van der Waals surface area (Å²) in [4.78, 5) is 0.392. The molecule has 1 aromatic rings. The Bertz CT molecular complexity index is 501. The van der Waals surface area contributed by atoms with Gasteiger partial charge >= 0.3 is 0 Å². The third-order valence-corrected chi connectivity index (χ3v) is 5.06. The molecule has 1 rings (SSSR count). The maximum atomic E-state index is 12.0. The summed E-state index contributed by atoms with van der Waals surface area (Å²) in [6.07, 6.45) is 0. The Hall–Kier alpha value is -1.03. The van der Waals surface area contributed by atoms with Crippen molar-refractivity contribution in [2.24, 2.45) is 5.41 Å². The molecule has 1 N–H and O–H groups in total. The Kier molecular flexibility index (Phi) is 4.43. The zero-order valence-corrected chi connectivity index (χ0v) is 12.6. The van der Waals surface area contributed by atoms with Gasteiger partial charge in [-0.05, 0) is 24.5 Å². The van der Waals surface area contributed by atoms with E-state index in [-0.39, 0.29) is 17.2 Å². The van der Waals surface area contributed by atoms with Crippen LogP contribution in [0.4, 0.5) is 5.69 Å². The van der Waals surface area contributed by atoms with Crippen molar-refractivity contribution < 1.29 is 8.42 Å². The number of rotatable bonds is 4. The standard InChI is InChI=1S/C14H23NO2S/c1-6-18(16,17)13-10-8-7-9-12(13)15-11(2)14(3,4)5/h7-11,15H,6H2,1-5H3. The van der Waals surface area contributed by atoms with Crippen LogP contribution in [0.25, 0.3) is 0 Å². The third-order valence-electron chi connectivity index (χ3n) is 3.27. The highest BCUT2D eigenvalue weighted by molar-refractivity contribution is 7.91. The minimum Gasteiger partial charge on any atom is -0.381 e. The fraction of sp³-hybridized carbons (Fsp3) is 0.571. The molecule has 0 radical (unpaired) electrons. The molecule has 4 heteroatoms. The van der Waals surface area contributed by atoms with E-state index in [0.29, 0.717) is 10.6 Å². The molecule has 3 nitrogen and oxygen atoms in total. The molecule has 18 heavy (non-hydrogen) atoms. The number of anilines is 1. The zero-order chi connectivity index (χ0) is 14.0. The van der Waals surface area contributed by atoms with Gasteiger partial charge in [-0.1, -0.05) is 39.8 Å². The summed E-state index contributed by atoms with van der Waals surface area (Å²) >= 11 is 0. The van der Waals surface area contributed by atoms with Gasteiger partial charge < -0.3 is 5.32 Å². The predicted molar refractivity (Wildman–Crippen MR) is 76.7 cm³/mol. The monoisotopic (exact) mass is 269 g/mol. The van der Waals surface area contributed by atoms with Gasteiger partial charge in [0.1, 0.15) is 0 Å². The number of hydrogen-bond donors (Lipinski definition) is 1. The van der Waals surface area contributed by atoms with Crippen LogP contribution in [0.1, 0.15) is 34.6 Å². The molecular formula is C14H23NO2S. The van der Waals surface area contributed by atoms with Crippen LogP contribution in [0.15, 0.2) is 29.2 Å². The molecule has 1 aromatic carbocycles. The van der Waals surface area contributed by atoms with Crippen LogP contribution in [0.3, 0.4) is 0 Å². The summed E-state index contributed by atoms with van der Waals surface area (Å²) in [5.41, 5.74) is 0.769. The van der Waals surface area contributed by atoms with E-state index in [2.05, 4.69) is 33.0 Å². The molecular weight excluding hydrogens is 246 g/mol. The Morgan fingerprint density at radius 2 is 1.78 bits per heavy atom. The first-order chi connectivity index (χ1) is 8.18. The fourth-order valence-corrected chi connectivity index (χ4v) is 2.52. The second-order valence-electron chi connectivity index (χ2n) is 5.63. The molecule has 0 amide bonds. The molecule has 1 unspecified atom stereocenters. The van der Waals surface area contributed by atoms with Gasteiger partial charge in [-0.15, -0.1) is 0 Å². The van der Waals surface area contributed by atoms with Crippen LogP contribution in [0, 0.1) is 5.41 Å². The molecule has 0 fully saturated rings. The van der Waals surface area contributed by atoms with Crippen molar-refractivity contribution in [1.82, 2.24) is 0 Å². The van der Waals surface area contributed by atoms with Crippen molar-refractivity contribution in [1.29, 1.82) is 0 Å². The summed E-state index contributed by atoms with van der Waals surface area (Å²) in [7, 11) is -3.18. The van der Waals surface area contributed by atoms with Crippen molar-refractivity contribution in [3.05, 3.63) is 24.3 Å². The Morgan fingerprint density at radius 3 is 2.28 bits per heavy atom. The number of sulfone groups is 1. The largest absolute Gasteiger partial charge is 0.381 e. The van der Waals surface area contributed by atoms with Crippen LogP contribution < -0.4 is 5.32 Å². The maximum Gasteiger partial charge on any atom is 0.180 e. The van der Waals surface area contributed by atoms with Crippen LogP contribution in [-0.4, -0.2) is 20.2 Å².